The van der Waals surface area contributed by atoms with E-state index in [1.165, 1.54) is 18.4 Å². The van der Waals surface area contributed by atoms with Crippen LogP contribution in [0.4, 0.5) is 0 Å². The Balaban J connectivity index is 0. The van der Waals surface area contributed by atoms with E-state index in [4.69, 9.17) is 5.11 Å². The molecule has 0 fully saturated rings. The van der Waals surface area contributed by atoms with Crippen molar-refractivity contribution in [1.82, 2.24) is 5.32 Å². The molecule has 0 saturated carbocycles. The Kier molecular flexibility index (Phi) is 16.6. The average Bonchev–Trinajstić information content (AvgIpc) is 2.32. The molecule has 0 unspecified atom stereocenters. The number of hydrogen-bond donors (Lipinski definition) is 2. The van der Waals surface area contributed by atoms with Crippen LogP contribution < -0.4 is 5.32 Å². The quantitative estimate of drug-likeness (QED) is 0.504. The Bertz CT molecular complexity index is 221. The monoisotopic (exact) mass is 295 g/mol. The van der Waals surface area contributed by atoms with Gasteiger partial charge in [-0.25, -0.2) is 0 Å². The summed E-state index contributed by atoms with van der Waals surface area (Å²) in [7, 11) is 3.85. The van der Waals surface area contributed by atoms with Gasteiger partial charge in [-0.15, -0.1) is 0 Å². The zero-order valence-electron chi connectivity index (χ0n) is 11.7. The van der Waals surface area contributed by atoms with Crippen molar-refractivity contribution in [3.05, 3.63) is 0 Å². The minimum Gasteiger partial charge on any atom is -0.481 e. The van der Waals surface area contributed by atoms with E-state index in [-0.39, 0.29) is 12.2 Å². The summed E-state index contributed by atoms with van der Waals surface area (Å²) in [4.78, 5) is 21.1. The Hall–Kier alpha value is -0.200. The maximum Gasteiger partial charge on any atom is 0.305 e. The van der Waals surface area contributed by atoms with Crippen molar-refractivity contribution < 1.29 is 14.7 Å². The number of carboxylic acid groups (broad SMARTS) is 1. The molecule has 0 aliphatic rings. The molecule has 6 heteroatoms. The van der Waals surface area contributed by atoms with Gasteiger partial charge in [0.05, 0.1) is 12.5 Å². The molecule has 0 aromatic heterocycles. The fourth-order valence-corrected chi connectivity index (χ4v) is 2.35. The van der Waals surface area contributed by atoms with Gasteiger partial charge >= 0.3 is 5.97 Å². The van der Waals surface area contributed by atoms with E-state index in [0.29, 0.717) is 6.54 Å². The second-order valence-corrected chi connectivity index (χ2v) is 6.57. The Morgan fingerprint density at radius 2 is 1.67 bits per heavy atom. The molecule has 0 bridgehead atoms. The minimum absolute atomic E-state index is 0.120. The largest absolute Gasteiger partial charge is 0.481 e. The topological polar surface area (TPSA) is 66.4 Å². The van der Waals surface area contributed by atoms with Crippen LogP contribution in [-0.4, -0.2) is 41.0 Å². The third-order valence-corrected chi connectivity index (χ3v) is 4.38. The number of Topliss-reactive ketones (excluding diaryl/α,β-unsaturated/α-hetero) is 1. The first-order chi connectivity index (χ1) is 8.49. The summed E-state index contributed by atoms with van der Waals surface area (Å²) in [6.07, 6.45) is 0.763. The number of ketones is 1. The number of hydrogen-bond acceptors (Lipinski definition) is 5. The number of aliphatic carboxylic acids is 1. The standard InChI is InChI=1S/C8H15NO3.C4H10S2/c1-3-4-9-7(6(2)10)5-8(11)12;1-3-5-6-4-2/h7,9H,3-5H2,1-2H3,(H,11,12);3-4H2,1-2H3/t7-;/m0./s1. The van der Waals surface area contributed by atoms with Gasteiger partial charge in [0.15, 0.2) is 0 Å². The maximum atomic E-state index is 10.9. The highest BCUT2D eigenvalue weighted by molar-refractivity contribution is 8.76. The van der Waals surface area contributed by atoms with Gasteiger partial charge in [0, 0.05) is 11.5 Å². The zero-order chi connectivity index (χ0) is 14.4. The molecule has 0 radical (unpaired) electrons. The Morgan fingerprint density at radius 1 is 1.17 bits per heavy atom. The van der Waals surface area contributed by atoms with Gasteiger partial charge in [0.25, 0.3) is 0 Å². The van der Waals surface area contributed by atoms with Gasteiger partial charge in [-0.3, -0.25) is 9.59 Å². The molecular weight excluding hydrogens is 270 g/mol. The lowest BCUT2D eigenvalue weighted by Gasteiger charge is -2.12. The van der Waals surface area contributed by atoms with Crippen molar-refractivity contribution >= 4 is 33.3 Å². The van der Waals surface area contributed by atoms with Gasteiger partial charge in [-0.2, -0.15) is 0 Å². The molecular formula is C12H25NO3S2. The van der Waals surface area contributed by atoms with Crippen molar-refractivity contribution in [3.8, 4) is 0 Å². The van der Waals surface area contributed by atoms with Crippen LogP contribution >= 0.6 is 21.6 Å². The highest BCUT2D eigenvalue weighted by atomic mass is 33.1. The van der Waals surface area contributed by atoms with Crippen LogP contribution in [0, 0.1) is 0 Å². The van der Waals surface area contributed by atoms with Crippen LogP contribution in [0.3, 0.4) is 0 Å². The highest BCUT2D eigenvalue weighted by Gasteiger charge is 2.16. The van der Waals surface area contributed by atoms with E-state index < -0.39 is 12.0 Å². The van der Waals surface area contributed by atoms with E-state index in [0.717, 1.165) is 6.42 Å². The second-order valence-electron chi connectivity index (χ2n) is 3.53. The van der Waals surface area contributed by atoms with E-state index in [1.54, 1.807) is 0 Å². The molecule has 0 spiro atoms. The smallest absolute Gasteiger partial charge is 0.305 e. The van der Waals surface area contributed by atoms with Crippen molar-refractivity contribution in [2.45, 2.75) is 46.6 Å². The summed E-state index contributed by atoms with van der Waals surface area (Å²) in [5.41, 5.74) is 0. The lowest BCUT2D eigenvalue weighted by molar-refractivity contribution is -0.139. The van der Waals surface area contributed by atoms with Crippen LogP contribution in [-0.2, 0) is 9.59 Å². The fourth-order valence-electron chi connectivity index (χ4n) is 1.02. The minimum atomic E-state index is -0.946. The predicted octanol–water partition coefficient (Wildman–Crippen LogP) is 2.83. The predicted molar refractivity (Wildman–Crippen MR) is 81.3 cm³/mol. The molecule has 4 nitrogen and oxygen atoms in total. The molecule has 0 saturated heterocycles. The van der Waals surface area contributed by atoms with E-state index in [1.807, 2.05) is 28.5 Å². The van der Waals surface area contributed by atoms with Crippen LogP contribution in [0.2, 0.25) is 0 Å². The number of nitrogens with one attached hydrogen (secondary N) is 1. The van der Waals surface area contributed by atoms with Crippen LogP contribution in [0.15, 0.2) is 0 Å². The lowest BCUT2D eigenvalue weighted by atomic mass is 10.1. The zero-order valence-corrected chi connectivity index (χ0v) is 13.3. The summed E-state index contributed by atoms with van der Waals surface area (Å²) in [5.74, 6) is 1.40. The molecule has 108 valence electrons. The van der Waals surface area contributed by atoms with E-state index in [9.17, 15) is 9.59 Å². The van der Waals surface area contributed by atoms with Gasteiger partial charge in [-0.1, -0.05) is 42.4 Å². The first kappa shape index (κ1) is 20.1. The maximum absolute atomic E-state index is 10.9. The lowest BCUT2D eigenvalue weighted by Crippen LogP contribution is -2.37. The third kappa shape index (κ3) is 15.8. The van der Waals surface area contributed by atoms with Crippen molar-refractivity contribution in [3.63, 3.8) is 0 Å². The first-order valence-electron chi connectivity index (χ1n) is 6.19. The molecule has 0 amide bonds. The second kappa shape index (κ2) is 14.9. The SMILES string of the molecule is CCCN[C@@H](CC(=O)O)C(C)=O.CCSSCC. The molecule has 0 aliphatic carbocycles. The van der Waals surface area contributed by atoms with E-state index >= 15 is 0 Å². The summed E-state index contributed by atoms with van der Waals surface area (Å²) >= 11 is 0. The molecule has 18 heavy (non-hydrogen) atoms. The summed E-state index contributed by atoms with van der Waals surface area (Å²) < 4.78 is 0. The number of carbonyl (C=O) groups excluding carboxylic acids is 1. The molecule has 0 aliphatic heterocycles. The van der Waals surface area contributed by atoms with Gasteiger partial charge in [0.1, 0.15) is 5.78 Å². The normalized spacial score (nSPS) is 11.3. The molecule has 0 aromatic carbocycles. The number of carboxylic acids is 1. The van der Waals surface area contributed by atoms with E-state index in [2.05, 4.69) is 19.2 Å². The van der Waals surface area contributed by atoms with Crippen molar-refractivity contribution in [2.24, 2.45) is 0 Å². The third-order valence-electron chi connectivity index (χ3n) is 1.83. The summed E-state index contributed by atoms with van der Waals surface area (Å²) in [5, 5.41) is 11.3. The molecule has 0 heterocycles. The molecule has 1 atom stereocenters. The van der Waals surface area contributed by atoms with Crippen molar-refractivity contribution in [1.29, 1.82) is 0 Å². The van der Waals surface area contributed by atoms with Crippen LogP contribution in [0.1, 0.15) is 40.5 Å². The molecule has 2 N–H and O–H groups in total. The number of carbonyl (C=O) groups is 2. The van der Waals surface area contributed by atoms with Crippen LogP contribution in [0.5, 0.6) is 0 Å². The van der Waals surface area contributed by atoms with Crippen LogP contribution in [0.25, 0.3) is 0 Å². The Morgan fingerprint density at radius 3 is 1.94 bits per heavy atom. The van der Waals surface area contributed by atoms with Gasteiger partial charge < -0.3 is 10.4 Å². The number of rotatable bonds is 9. The first-order valence-corrected chi connectivity index (χ1v) is 8.68. The Labute approximate surface area is 118 Å². The summed E-state index contributed by atoms with van der Waals surface area (Å²) in [6, 6.07) is -0.526. The molecule has 0 rings (SSSR count). The van der Waals surface area contributed by atoms with Crippen molar-refractivity contribution in [2.75, 3.05) is 18.1 Å². The van der Waals surface area contributed by atoms with Gasteiger partial charge in [-0.05, 0) is 19.9 Å². The average molecular weight is 295 g/mol. The van der Waals surface area contributed by atoms with Gasteiger partial charge in [0.2, 0.25) is 0 Å². The highest BCUT2D eigenvalue weighted by Crippen LogP contribution is 2.18. The summed E-state index contributed by atoms with van der Waals surface area (Å²) in [6.45, 7) is 8.39. The molecule has 0 aromatic rings. The fraction of sp³-hybridized carbons (Fsp3) is 0.833.